The second kappa shape index (κ2) is 6.49. The third kappa shape index (κ3) is 3.66. The zero-order chi connectivity index (χ0) is 15.4. The fourth-order valence-electron chi connectivity index (χ4n) is 1.85. The molecule has 0 aliphatic rings. The summed E-state index contributed by atoms with van der Waals surface area (Å²) in [6, 6.07) is 11.5. The lowest BCUT2D eigenvalue weighted by atomic mass is 10.1. The number of carbonyl (C=O) groups excluding carboxylic acids is 1. The molecule has 0 aliphatic heterocycles. The van der Waals surface area contributed by atoms with Crippen LogP contribution in [0, 0.1) is 17.0 Å². The number of nitro groups is 1. The highest BCUT2D eigenvalue weighted by atomic mass is 79.9. The number of ketones is 1. The van der Waals surface area contributed by atoms with E-state index in [1.807, 2.05) is 6.07 Å². The molecule has 0 amide bonds. The third-order valence-corrected chi connectivity index (χ3v) is 3.38. The molecule has 0 saturated heterocycles. The second-order valence-electron chi connectivity index (χ2n) is 4.40. The van der Waals surface area contributed by atoms with E-state index in [1.54, 1.807) is 37.3 Å². The van der Waals surface area contributed by atoms with Crippen LogP contribution in [0.4, 0.5) is 5.69 Å². The van der Waals surface area contributed by atoms with Crippen molar-refractivity contribution in [3.05, 3.63) is 68.2 Å². The van der Waals surface area contributed by atoms with E-state index in [0.717, 1.165) is 4.47 Å². The molecule has 0 atom stereocenters. The van der Waals surface area contributed by atoms with Crippen LogP contribution in [0.25, 0.3) is 0 Å². The lowest BCUT2D eigenvalue weighted by Crippen LogP contribution is -2.13. The van der Waals surface area contributed by atoms with Crippen molar-refractivity contribution in [2.24, 2.45) is 0 Å². The summed E-state index contributed by atoms with van der Waals surface area (Å²) in [4.78, 5) is 22.5. The van der Waals surface area contributed by atoms with Gasteiger partial charge in [-0.15, -0.1) is 0 Å². The molecule has 2 aromatic carbocycles. The molecule has 0 saturated carbocycles. The molecular weight excluding hydrogens is 338 g/mol. The van der Waals surface area contributed by atoms with Crippen LogP contribution in [0.3, 0.4) is 0 Å². The molecule has 0 unspecified atom stereocenters. The summed E-state index contributed by atoms with van der Waals surface area (Å²) < 4.78 is 6.17. The topological polar surface area (TPSA) is 69.4 Å². The second-order valence-corrected chi connectivity index (χ2v) is 5.32. The number of hydrogen-bond donors (Lipinski definition) is 0. The minimum absolute atomic E-state index is 0.130. The van der Waals surface area contributed by atoms with E-state index in [9.17, 15) is 14.9 Å². The number of para-hydroxylation sites is 1. The van der Waals surface area contributed by atoms with Crippen LogP contribution in [-0.2, 0) is 0 Å². The Morgan fingerprint density at radius 3 is 2.67 bits per heavy atom. The van der Waals surface area contributed by atoms with Crippen molar-refractivity contribution < 1.29 is 14.5 Å². The summed E-state index contributed by atoms with van der Waals surface area (Å²) in [6.45, 7) is 1.45. The first kappa shape index (κ1) is 15.2. The minimum atomic E-state index is -0.522. The summed E-state index contributed by atoms with van der Waals surface area (Å²) in [5, 5.41) is 11.0. The molecule has 2 aromatic rings. The molecule has 108 valence electrons. The van der Waals surface area contributed by atoms with E-state index in [1.165, 1.54) is 6.07 Å². The van der Waals surface area contributed by atoms with Gasteiger partial charge >= 0.3 is 5.69 Å². The summed E-state index contributed by atoms with van der Waals surface area (Å²) >= 11 is 3.29. The molecule has 0 spiro atoms. The quantitative estimate of drug-likeness (QED) is 0.465. The summed E-state index contributed by atoms with van der Waals surface area (Å²) in [5.74, 6) is -0.111. The number of nitro benzene ring substituents is 1. The van der Waals surface area contributed by atoms with Gasteiger partial charge < -0.3 is 4.74 Å². The van der Waals surface area contributed by atoms with Gasteiger partial charge in [0.25, 0.3) is 0 Å². The van der Waals surface area contributed by atoms with E-state index in [2.05, 4.69) is 15.9 Å². The normalized spacial score (nSPS) is 10.2. The Morgan fingerprint density at radius 1 is 1.29 bits per heavy atom. The average Bonchev–Trinajstić information content (AvgIpc) is 2.45. The van der Waals surface area contributed by atoms with E-state index in [4.69, 9.17) is 4.74 Å². The molecule has 0 N–H and O–H groups in total. The van der Waals surface area contributed by atoms with Crippen molar-refractivity contribution in [3.8, 4) is 5.75 Å². The summed E-state index contributed by atoms with van der Waals surface area (Å²) in [7, 11) is 0. The zero-order valence-corrected chi connectivity index (χ0v) is 12.8. The fraction of sp³-hybridized carbons (Fsp3) is 0.133. The first-order valence-electron chi connectivity index (χ1n) is 6.14. The summed E-state index contributed by atoms with van der Waals surface area (Å²) in [6.07, 6.45) is 0. The number of hydrogen-bond acceptors (Lipinski definition) is 4. The first-order chi connectivity index (χ1) is 9.99. The largest absolute Gasteiger partial charge is 0.478 e. The smallest absolute Gasteiger partial charge is 0.311 e. The SMILES string of the molecule is Cc1cccc([N+](=O)[O-])c1OCC(=O)c1cccc(Br)c1. The summed E-state index contributed by atoms with van der Waals surface area (Å²) in [5.41, 5.74) is 0.962. The van der Waals surface area contributed by atoms with E-state index in [-0.39, 0.29) is 23.8 Å². The van der Waals surface area contributed by atoms with Crippen LogP contribution in [-0.4, -0.2) is 17.3 Å². The molecule has 5 nitrogen and oxygen atoms in total. The lowest BCUT2D eigenvalue weighted by molar-refractivity contribution is -0.385. The highest BCUT2D eigenvalue weighted by Gasteiger charge is 2.18. The molecule has 2 rings (SSSR count). The fourth-order valence-corrected chi connectivity index (χ4v) is 2.25. The van der Waals surface area contributed by atoms with E-state index < -0.39 is 4.92 Å². The maximum atomic E-state index is 12.0. The number of Topliss-reactive ketones (excluding diaryl/α,β-unsaturated/α-hetero) is 1. The minimum Gasteiger partial charge on any atom is -0.478 e. The molecule has 21 heavy (non-hydrogen) atoms. The maximum Gasteiger partial charge on any atom is 0.311 e. The molecule has 0 radical (unpaired) electrons. The number of nitrogens with zero attached hydrogens (tertiary/aromatic N) is 1. The Kier molecular flexibility index (Phi) is 4.70. The van der Waals surface area contributed by atoms with Gasteiger partial charge in [-0.25, -0.2) is 0 Å². The van der Waals surface area contributed by atoms with Gasteiger partial charge in [-0.05, 0) is 24.6 Å². The predicted molar refractivity (Wildman–Crippen MR) is 81.8 cm³/mol. The molecule has 0 aromatic heterocycles. The Hall–Kier alpha value is -2.21. The molecule has 0 heterocycles. The van der Waals surface area contributed by atoms with E-state index in [0.29, 0.717) is 11.1 Å². The van der Waals surface area contributed by atoms with Gasteiger partial charge in [0, 0.05) is 16.1 Å². The van der Waals surface area contributed by atoms with Gasteiger partial charge in [-0.3, -0.25) is 14.9 Å². The highest BCUT2D eigenvalue weighted by molar-refractivity contribution is 9.10. The van der Waals surface area contributed by atoms with Gasteiger partial charge in [-0.2, -0.15) is 0 Å². The number of carbonyl (C=O) groups is 1. The van der Waals surface area contributed by atoms with Gasteiger partial charge in [0.1, 0.15) is 0 Å². The molecule has 6 heteroatoms. The average molecular weight is 350 g/mol. The number of benzene rings is 2. The van der Waals surface area contributed by atoms with Crippen LogP contribution in [0.5, 0.6) is 5.75 Å². The van der Waals surface area contributed by atoms with Gasteiger partial charge in [0.2, 0.25) is 5.75 Å². The van der Waals surface area contributed by atoms with Crippen molar-refractivity contribution in [3.63, 3.8) is 0 Å². The van der Waals surface area contributed by atoms with Crippen LogP contribution in [0.2, 0.25) is 0 Å². The zero-order valence-electron chi connectivity index (χ0n) is 11.2. The van der Waals surface area contributed by atoms with Crippen LogP contribution < -0.4 is 4.74 Å². The van der Waals surface area contributed by atoms with Gasteiger partial charge in [-0.1, -0.05) is 40.2 Å². The molecular formula is C15H12BrNO4. The molecule has 0 bridgehead atoms. The van der Waals surface area contributed by atoms with Crippen LogP contribution in [0.15, 0.2) is 46.9 Å². The van der Waals surface area contributed by atoms with Crippen molar-refractivity contribution in [2.75, 3.05) is 6.61 Å². The Balaban J connectivity index is 2.17. The number of aryl methyl sites for hydroxylation is 1. The highest BCUT2D eigenvalue weighted by Crippen LogP contribution is 2.30. The van der Waals surface area contributed by atoms with Gasteiger partial charge in [0.15, 0.2) is 12.4 Å². The lowest BCUT2D eigenvalue weighted by Gasteiger charge is -2.09. The Bertz CT molecular complexity index is 700. The van der Waals surface area contributed by atoms with Crippen molar-refractivity contribution in [1.29, 1.82) is 0 Å². The molecule has 0 aliphatic carbocycles. The monoisotopic (exact) mass is 349 g/mol. The van der Waals surface area contributed by atoms with E-state index >= 15 is 0 Å². The first-order valence-corrected chi connectivity index (χ1v) is 6.94. The van der Waals surface area contributed by atoms with Gasteiger partial charge in [0.05, 0.1) is 4.92 Å². The van der Waals surface area contributed by atoms with Crippen LogP contribution >= 0.6 is 15.9 Å². The standard InChI is InChI=1S/C15H12BrNO4/c1-10-4-2-7-13(17(19)20)15(10)21-9-14(18)11-5-3-6-12(16)8-11/h2-8H,9H2,1H3. The Morgan fingerprint density at radius 2 is 2.00 bits per heavy atom. The van der Waals surface area contributed by atoms with Crippen molar-refractivity contribution in [2.45, 2.75) is 6.92 Å². The number of rotatable bonds is 5. The maximum absolute atomic E-state index is 12.0. The Labute approximate surface area is 129 Å². The van der Waals surface area contributed by atoms with Crippen LogP contribution in [0.1, 0.15) is 15.9 Å². The number of ether oxygens (including phenoxy) is 1. The third-order valence-electron chi connectivity index (χ3n) is 2.88. The van der Waals surface area contributed by atoms with Crippen molar-refractivity contribution in [1.82, 2.24) is 0 Å². The number of halogens is 1. The predicted octanol–water partition coefficient (Wildman–Crippen LogP) is 3.93. The van der Waals surface area contributed by atoms with Crippen molar-refractivity contribution >= 4 is 27.4 Å². The molecule has 0 fully saturated rings.